The predicted molar refractivity (Wildman–Crippen MR) is 78.2 cm³/mol. The van der Waals surface area contributed by atoms with Crippen molar-refractivity contribution in [3.63, 3.8) is 0 Å². The molecule has 1 heterocycles. The fourth-order valence-corrected chi connectivity index (χ4v) is 3.47. The van der Waals surface area contributed by atoms with Gasteiger partial charge in [0, 0.05) is 14.0 Å². The molecule has 0 amide bonds. The normalized spacial score (nSPS) is 10.4. The molecule has 2 rings (SSSR count). The molecular weight excluding hydrogens is 368 g/mol. The molecule has 2 aromatic rings. The van der Waals surface area contributed by atoms with Crippen LogP contribution in [-0.4, -0.2) is 13.1 Å². The van der Waals surface area contributed by atoms with E-state index >= 15 is 0 Å². The Hall–Kier alpha value is -1.15. The third-order valence-electron chi connectivity index (χ3n) is 2.33. The van der Waals surface area contributed by atoms with E-state index in [4.69, 9.17) is 5.73 Å². The van der Waals surface area contributed by atoms with Crippen LogP contribution in [0.1, 0.15) is 9.67 Å². The van der Waals surface area contributed by atoms with Gasteiger partial charge in [-0.05, 0) is 46.9 Å². The summed E-state index contributed by atoms with van der Waals surface area (Å²) in [6, 6.07) is 6.19. The zero-order chi connectivity index (χ0) is 13.3. The molecule has 0 bridgehead atoms. The van der Waals surface area contributed by atoms with E-state index in [0.717, 1.165) is 14.0 Å². The van der Waals surface area contributed by atoms with E-state index in [9.17, 15) is 9.18 Å². The molecule has 2 N–H and O–H groups in total. The van der Waals surface area contributed by atoms with Crippen molar-refractivity contribution in [3.05, 3.63) is 38.5 Å². The van der Waals surface area contributed by atoms with Crippen LogP contribution in [0.2, 0.25) is 0 Å². The maximum atomic E-state index is 13.0. The van der Waals surface area contributed by atoms with Gasteiger partial charge in [-0.25, -0.2) is 9.18 Å². The molecule has 0 aliphatic rings. The first kappa shape index (κ1) is 13.3. The summed E-state index contributed by atoms with van der Waals surface area (Å²) in [4.78, 5) is 12.6. The monoisotopic (exact) mass is 377 g/mol. The Balaban J connectivity index is 2.49. The van der Waals surface area contributed by atoms with E-state index in [0.29, 0.717) is 10.6 Å². The molecule has 0 aliphatic heterocycles. The summed E-state index contributed by atoms with van der Waals surface area (Å²) in [5, 5.41) is 0. The fraction of sp³-hybridized carbons (Fsp3) is 0.0833. The first-order valence-corrected chi connectivity index (χ1v) is 6.85. The number of hydrogen-bond acceptors (Lipinski definition) is 4. The Bertz CT molecular complexity index is 612. The van der Waals surface area contributed by atoms with Gasteiger partial charge in [0.25, 0.3) is 0 Å². The second kappa shape index (κ2) is 5.23. The molecule has 0 saturated heterocycles. The Morgan fingerprint density at radius 1 is 1.44 bits per heavy atom. The standard InChI is InChI=1S/C12H9FINO2S/c1-17-12(16)11-9(15)5-10(18-11)7-3-2-6(13)4-8(7)14/h2-5H,15H2,1H3. The summed E-state index contributed by atoms with van der Waals surface area (Å²) in [5.41, 5.74) is 7.00. The zero-order valence-corrected chi connectivity index (χ0v) is 12.3. The molecule has 0 aliphatic carbocycles. The second-order valence-electron chi connectivity index (χ2n) is 3.51. The number of nitrogens with two attached hydrogens (primary N) is 1. The molecule has 1 aromatic carbocycles. The van der Waals surface area contributed by atoms with E-state index in [1.165, 1.54) is 30.6 Å². The first-order valence-electron chi connectivity index (χ1n) is 4.96. The van der Waals surface area contributed by atoms with Gasteiger partial charge in [-0.15, -0.1) is 11.3 Å². The number of anilines is 1. The van der Waals surface area contributed by atoms with Crippen LogP contribution in [0.5, 0.6) is 0 Å². The van der Waals surface area contributed by atoms with Crippen molar-refractivity contribution in [2.75, 3.05) is 12.8 Å². The van der Waals surface area contributed by atoms with Gasteiger partial charge >= 0.3 is 5.97 Å². The molecule has 18 heavy (non-hydrogen) atoms. The highest BCUT2D eigenvalue weighted by Crippen LogP contribution is 2.36. The lowest BCUT2D eigenvalue weighted by atomic mass is 10.2. The molecule has 3 nitrogen and oxygen atoms in total. The van der Waals surface area contributed by atoms with E-state index in [-0.39, 0.29) is 5.82 Å². The van der Waals surface area contributed by atoms with Gasteiger partial charge in [0.2, 0.25) is 0 Å². The van der Waals surface area contributed by atoms with Gasteiger partial charge in [0.15, 0.2) is 0 Å². The SMILES string of the molecule is COC(=O)c1sc(-c2ccc(F)cc2I)cc1N. The maximum absolute atomic E-state index is 13.0. The Morgan fingerprint density at radius 2 is 2.17 bits per heavy atom. The summed E-state index contributed by atoms with van der Waals surface area (Å²) in [6.45, 7) is 0. The van der Waals surface area contributed by atoms with Crippen LogP contribution in [0.4, 0.5) is 10.1 Å². The predicted octanol–water partition coefficient (Wildman–Crippen LogP) is 3.53. The minimum atomic E-state index is -0.458. The summed E-state index contributed by atoms with van der Waals surface area (Å²) in [5.74, 6) is -0.748. The highest BCUT2D eigenvalue weighted by atomic mass is 127. The van der Waals surface area contributed by atoms with E-state index in [2.05, 4.69) is 4.74 Å². The Labute approximate surface area is 121 Å². The molecule has 0 unspecified atom stereocenters. The number of esters is 1. The van der Waals surface area contributed by atoms with Gasteiger partial charge in [0.05, 0.1) is 12.8 Å². The van der Waals surface area contributed by atoms with Gasteiger partial charge in [-0.2, -0.15) is 0 Å². The molecular formula is C12H9FINO2S. The van der Waals surface area contributed by atoms with Crippen molar-refractivity contribution in [2.24, 2.45) is 0 Å². The lowest BCUT2D eigenvalue weighted by Gasteiger charge is -2.01. The van der Waals surface area contributed by atoms with Crippen LogP contribution in [0.3, 0.4) is 0 Å². The largest absolute Gasteiger partial charge is 0.465 e. The van der Waals surface area contributed by atoms with E-state index < -0.39 is 5.97 Å². The average molecular weight is 377 g/mol. The number of ether oxygens (including phenoxy) is 1. The minimum absolute atomic E-state index is 0.291. The van der Waals surface area contributed by atoms with Crippen molar-refractivity contribution in [2.45, 2.75) is 0 Å². The number of carbonyl (C=O) groups is 1. The Morgan fingerprint density at radius 3 is 2.78 bits per heavy atom. The molecule has 6 heteroatoms. The molecule has 0 spiro atoms. The zero-order valence-electron chi connectivity index (χ0n) is 9.37. The van der Waals surface area contributed by atoms with Crippen molar-refractivity contribution in [1.82, 2.24) is 0 Å². The van der Waals surface area contributed by atoms with Crippen LogP contribution in [0, 0.1) is 9.39 Å². The van der Waals surface area contributed by atoms with Crippen molar-refractivity contribution in [1.29, 1.82) is 0 Å². The fourth-order valence-electron chi connectivity index (χ4n) is 1.48. The summed E-state index contributed by atoms with van der Waals surface area (Å²) < 4.78 is 18.4. The lowest BCUT2D eigenvalue weighted by molar-refractivity contribution is 0.0607. The smallest absolute Gasteiger partial charge is 0.350 e. The number of rotatable bonds is 2. The molecule has 0 saturated carbocycles. The number of methoxy groups -OCH3 is 1. The number of carbonyl (C=O) groups excluding carboxylic acids is 1. The van der Waals surface area contributed by atoms with Crippen LogP contribution in [-0.2, 0) is 4.74 Å². The van der Waals surface area contributed by atoms with Gasteiger partial charge in [-0.1, -0.05) is 0 Å². The number of nitrogen functional groups attached to an aromatic ring is 1. The third kappa shape index (κ3) is 2.49. The second-order valence-corrected chi connectivity index (χ2v) is 5.73. The van der Waals surface area contributed by atoms with E-state index in [1.807, 2.05) is 22.6 Å². The van der Waals surface area contributed by atoms with Crippen LogP contribution >= 0.6 is 33.9 Å². The molecule has 0 fully saturated rings. The molecule has 94 valence electrons. The van der Waals surface area contributed by atoms with Crippen molar-refractivity contribution >= 4 is 45.6 Å². The first-order chi connectivity index (χ1) is 8.52. The molecule has 0 radical (unpaired) electrons. The van der Waals surface area contributed by atoms with Crippen molar-refractivity contribution in [3.8, 4) is 10.4 Å². The molecule has 1 aromatic heterocycles. The van der Waals surface area contributed by atoms with Gasteiger partial charge in [0.1, 0.15) is 10.7 Å². The quantitative estimate of drug-likeness (QED) is 0.644. The number of halogens is 2. The Kier molecular flexibility index (Phi) is 3.86. The van der Waals surface area contributed by atoms with Gasteiger partial charge in [-0.3, -0.25) is 0 Å². The summed E-state index contributed by atoms with van der Waals surface area (Å²) >= 11 is 3.29. The highest BCUT2D eigenvalue weighted by molar-refractivity contribution is 14.1. The van der Waals surface area contributed by atoms with Gasteiger partial charge < -0.3 is 10.5 Å². The van der Waals surface area contributed by atoms with Crippen molar-refractivity contribution < 1.29 is 13.9 Å². The number of hydrogen-bond donors (Lipinski definition) is 1. The number of thiophene rings is 1. The third-order valence-corrected chi connectivity index (χ3v) is 4.38. The summed E-state index contributed by atoms with van der Waals surface area (Å²) in [7, 11) is 1.31. The number of benzene rings is 1. The van der Waals surface area contributed by atoms with Crippen LogP contribution in [0.25, 0.3) is 10.4 Å². The highest BCUT2D eigenvalue weighted by Gasteiger charge is 2.16. The lowest BCUT2D eigenvalue weighted by Crippen LogP contribution is -2.00. The average Bonchev–Trinajstić information content (AvgIpc) is 2.70. The van der Waals surface area contributed by atoms with Crippen LogP contribution in [0.15, 0.2) is 24.3 Å². The minimum Gasteiger partial charge on any atom is -0.465 e. The van der Waals surface area contributed by atoms with Crippen LogP contribution < -0.4 is 5.73 Å². The maximum Gasteiger partial charge on any atom is 0.350 e. The summed E-state index contributed by atoms with van der Waals surface area (Å²) in [6.07, 6.45) is 0. The molecule has 0 atom stereocenters. The van der Waals surface area contributed by atoms with E-state index in [1.54, 1.807) is 12.1 Å². The topological polar surface area (TPSA) is 52.3 Å².